The fourth-order valence-corrected chi connectivity index (χ4v) is 3.45. The van der Waals surface area contributed by atoms with Crippen LogP contribution in [0.1, 0.15) is 17.5 Å². The van der Waals surface area contributed by atoms with Crippen molar-refractivity contribution in [3.8, 4) is 11.1 Å². The van der Waals surface area contributed by atoms with Crippen molar-refractivity contribution < 1.29 is 13.6 Å². The number of carbonyl (C=O) groups is 1. The molecule has 3 aromatic rings. The molecule has 1 amide bonds. The van der Waals surface area contributed by atoms with Crippen LogP contribution in [0.4, 0.5) is 8.78 Å². The minimum atomic E-state index is -2.83. The Hall–Kier alpha value is -3.13. The maximum atomic E-state index is 13.3. The van der Waals surface area contributed by atoms with Gasteiger partial charge >= 0.3 is 0 Å². The average molecular weight is 397 g/mol. The van der Waals surface area contributed by atoms with Gasteiger partial charge in [-0.1, -0.05) is 48.5 Å². The molecule has 1 aliphatic rings. The molecule has 0 aliphatic carbocycles. The molecule has 150 valence electrons. The Labute approximate surface area is 167 Å². The van der Waals surface area contributed by atoms with E-state index in [0.717, 1.165) is 22.3 Å². The summed E-state index contributed by atoms with van der Waals surface area (Å²) < 4.78 is 28.4. The van der Waals surface area contributed by atoms with E-state index in [-0.39, 0.29) is 6.54 Å². The molecular formula is C21H21F2N5O. The highest BCUT2D eigenvalue weighted by atomic mass is 19.3. The molecule has 0 spiro atoms. The number of carbonyl (C=O) groups excluding carboxylic acids is 1. The van der Waals surface area contributed by atoms with Gasteiger partial charge in [0.1, 0.15) is 12.7 Å². The molecule has 1 atom stereocenters. The van der Waals surface area contributed by atoms with E-state index in [1.165, 1.54) is 6.33 Å². The van der Waals surface area contributed by atoms with E-state index in [4.69, 9.17) is 0 Å². The van der Waals surface area contributed by atoms with Crippen LogP contribution in [0.3, 0.4) is 0 Å². The number of hydrogen-bond donors (Lipinski definition) is 2. The highest BCUT2D eigenvalue weighted by Gasteiger charge is 2.42. The van der Waals surface area contributed by atoms with Crippen molar-refractivity contribution in [1.29, 1.82) is 0 Å². The summed E-state index contributed by atoms with van der Waals surface area (Å²) in [5.74, 6) is -3.23. The molecule has 1 unspecified atom stereocenters. The number of rotatable bonds is 6. The molecule has 1 aliphatic heterocycles. The fourth-order valence-electron chi connectivity index (χ4n) is 3.45. The summed E-state index contributed by atoms with van der Waals surface area (Å²) in [5, 5.41) is 9.46. The van der Waals surface area contributed by atoms with Gasteiger partial charge in [0.25, 0.3) is 5.92 Å². The minimum Gasteiger partial charge on any atom is -0.351 e. The maximum Gasteiger partial charge on any atom is 0.262 e. The van der Waals surface area contributed by atoms with Gasteiger partial charge in [-0.3, -0.25) is 10.1 Å². The number of hydrogen-bond acceptors (Lipinski definition) is 4. The maximum absolute atomic E-state index is 13.3. The van der Waals surface area contributed by atoms with Gasteiger partial charge in [-0.2, -0.15) is 5.10 Å². The van der Waals surface area contributed by atoms with Crippen molar-refractivity contribution in [2.45, 2.75) is 31.5 Å². The number of alkyl halides is 2. The van der Waals surface area contributed by atoms with E-state index in [1.54, 1.807) is 11.0 Å². The van der Waals surface area contributed by atoms with E-state index in [0.29, 0.717) is 6.54 Å². The van der Waals surface area contributed by atoms with Gasteiger partial charge in [0.2, 0.25) is 5.91 Å². The summed E-state index contributed by atoms with van der Waals surface area (Å²) in [4.78, 5) is 16.2. The van der Waals surface area contributed by atoms with Gasteiger partial charge in [0.05, 0.1) is 19.1 Å². The van der Waals surface area contributed by atoms with Crippen LogP contribution in [-0.4, -0.2) is 39.2 Å². The standard InChI is InChI=1S/C21H21F2N5O/c22-21(23)9-19(26-12-21)20(29)25-10-17-3-1-2-4-18(17)16-7-5-15(6-8-16)11-28-14-24-13-27-28/h1-8,13-14,19,26H,9-12H2,(H,25,29). The molecule has 4 rings (SSSR count). The summed E-state index contributed by atoms with van der Waals surface area (Å²) in [7, 11) is 0. The molecule has 1 saturated heterocycles. The predicted octanol–water partition coefficient (Wildman–Crippen LogP) is 2.61. The molecule has 2 heterocycles. The lowest BCUT2D eigenvalue weighted by atomic mass is 9.98. The number of halogens is 2. The van der Waals surface area contributed by atoms with E-state index < -0.39 is 30.8 Å². The second kappa shape index (κ2) is 8.08. The molecule has 2 N–H and O–H groups in total. The SMILES string of the molecule is O=C(NCc1ccccc1-c1ccc(Cn2cncn2)cc1)C1CC(F)(F)CN1. The highest BCUT2D eigenvalue weighted by Crippen LogP contribution is 2.26. The van der Waals surface area contributed by atoms with Gasteiger partial charge in [-0.05, 0) is 22.3 Å². The van der Waals surface area contributed by atoms with Crippen LogP contribution in [0.2, 0.25) is 0 Å². The van der Waals surface area contributed by atoms with Crippen LogP contribution in [0.5, 0.6) is 0 Å². The molecule has 0 bridgehead atoms. The Morgan fingerprint density at radius 2 is 2.00 bits per heavy atom. The van der Waals surface area contributed by atoms with E-state index in [1.807, 2.05) is 48.5 Å². The molecule has 2 aromatic carbocycles. The third-order valence-electron chi connectivity index (χ3n) is 4.97. The largest absolute Gasteiger partial charge is 0.351 e. The first-order valence-corrected chi connectivity index (χ1v) is 9.39. The Bertz CT molecular complexity index is 973. The molecule has 1 fully saturated rings. The summed E-state index contributed by atoms with van der Waals surface area (Å²) in [5.41, 5.74) is 4.03. The summed E-state index contributed by atoms with van der Waals surface area (Å²) in [6, 6.07) is 15.0. The quantitative estimate of drug-likeness (QED) is 0.671. The van der Waals surface area contributed by atoms with Crippen LogP contribution >= 0.6 is 0 Å². The lowest BCUT2D eigenvalue weighted by Crippen LogP contribution is -2.40. The molecule has 0 saturated carbocycles. The molecule has 6 nitrogen and oxygen atoms in total. The lowest BCUT2D eigenvalue weighted by Gasteiger charge is -2.14. The zero-order chi connectivity index (χ0) is 20.3. The topological polar surface area (TPSA) is 71.8 Å². The number of nitrogens with one attached hydrogen (secondary N) is 2. The van der Waals surface area contributed by atoms with Crippen molar-refractivity contribution in [1.82, 2.24) is 25.4 Å². The first-order chi connectivity index (χ1) is 14.0. The third kappa shape index (κ3) is 4.65. The zero-order valence-corrected chi connectivity index (χ0v) is 15.7. The Kier molecular flexibility index (Phi) is 5.35. The molecular weight excluding hydrogens is 376 g/mol. The predicted molar refractivity (Wildman–Crippen MR) is 104 cm³/mol. The van der Waals surface area contributed by atoms with Crippen molar-refractivity contribution in [2.24, 2.45) is 0 Å². The lowest BCUT2D eigenvalue weighted by molar-refractivity contribution is -0.123. The van der Waals surface area contributed by atoms with Crippen LogP contribution in [0, 0.1) is 0 Å². The molecule has 29 heavy (non-hydrogen) atoms. The summed E-state index contributed by atoms with van der Waals surface area (Å²) in [6.07, 6.45) is 2.70. The van der Waals surface area contributed by atoms with Crippen LogP contribution < -0.4 is 10.6 Å². The van der Waals surface area contributed by atoms with Gasteiger partial charge < -0.3 is 5.32 Å². The zero-order valence-electron chi connectivity index (χ0n) is 15.7. The van der Waals surface area contributed by atoms with Crippen molar-refractivity contribution >= 4 is 5.91 Å². The number of aromatic nitrogens is 3. The molecule has 8 heteroatoms. The molecule has 0 radical (unpaired) electrons. The van der Waals surface area contributed by atoms with Gasteiger partial charge in [-0.25, -0.2) is 18.4 Å². The minimum absolute atomic E-state index is 0.277. The second-order valence-electron chi connectivity index (χ2n) is 7.16. The Balaban J connectivity index is 1.43. The van der Waals surface area contributed by atoms with E-state index >= 15 is 0 Å². The summed E-state index contributed by atoms with van der Waals surface area (Å²) in [6.45, 7) is 0.457. The van der Waals surface area contributed by atoms with Crippen LogP contribution in [0.25, 0.3) is 11.1 Å². The fraction of sp³-hybridized carbons (Fsp3) is 0.286. The van der Waals surface area contributed by atoms with Crippen LogP contribution in [-0.2, 0) is 17.9 Å². The average Bonchev–Trinajstić information content (AvgIpc) is 3.36. The Morgan fingerprint density at radius 1 is 1.21 bits per heavy atom. The monoisotopic (exact) mass is 397 g/mol. The van der Waals surface area contributed by atoms with Crippen LogP contribution in [0.15, 0.2) is 61.2 Å². The van der Waals surface area contributed by atoms with E-state index in [9.17, 15) is 13.6 Å². The van der Waals surface area contributed by atoms with Gasteiger partial charge in [-0.15, -0.1) is 0 Å². The van der Waals surface area contributed by atoms with Crippen molar-refractivity contribution in [3.05, 3.63) is 72.3 Å². The first kappa shape index (κ1) is 19.2. The number of amides is 1. The smallest absolute Gasteiger partial charge is 0.262 e. The number of benzene rings is 2. The first-order valence-electron chi connectivity index (χ1n) is 9.39. The van der Waals surface area contributed by atoms with Gasteiger partial charge in [0.15, 0.2) is 0 Å². The third-order valence-corrected chi connectivity index (χ3v) is 4.97. The number of nitrogens with zero attached hydrogens (tertiary/aromatic N) is 3. The van der Waals surface area contributed by atoms with Gasteiger partial charge in [0, 0.05) is 13.0 Å². The van der Waals surface area contributed by atoms with Crippen molar-refractivity contribution in [3.63, 3.8) is 0 Å². The Morgan fingerprint density at radius 3 is 2.69 bits per heavy atom. The normalized spacial score (nSPS) is 17.9. The highest BCUT2D eigenvalue weighted by molar-refractivity contribution is 5.82. The molecule has 1 aromatic heterocycles. The van der Waals surface area contributed by atoms with E-state index in [2.05, 4.69) is 20.7 Å². The second-order valence-corrected chi connectivity index (χ2v) is 7.16. The summed E-state index contributed by atoms with van der Waals surface area (Å²) >= 11 is 0. The van der Waals surface area contributed by atoms with Crippen molar-refractivity contribution in [2.75, 3.05) is 6.54 Å².